The minimum absolute atomic E-state index is 0.124. The molecule has 2 heterocycles. The van der Waals surface area contributed by atoms with Gasteiger partial charge in [0.05, 0.1) is 16.3 Å². The van der Waals surface area contributed by atoms with E-state index in [2.05, 4.69) is 12.1 Å². The molecule has 0 bridgehead atoms. The molecule has 41 heavy (non-hydrogen) atoms. The first kappa shape index (κ1) is 25.7. The highest BCUT2D eigenvalue weighted by molar-refractivity contribution is 7.07. The molecule has 4 aromatic carbocycles. The number of thiazole rings is 1. The molecule has 0 amide bonds. The maximum atomic E-state index is 14.0. The highest BCUT2D eigenvalue weighted by atomic mass is 35.5. The predicted molar refractivity (Wildman–Crippen MR) is 161 cm³/mol. The highest BCUT2D eigenvalue weighted by Gasteiger charge is 2.32. The number of ether oxygens (including phenoxy) is 1. The van der Waals surface area contributed by atoms with Crippen molar-refractivity contribution in [1.82, 2.24) is 4.57 Å². The lowest BCUT2D eigenvalue weighted by atomic mass is 9.83. The van der Waals surface area contributed by atoms with Gasteiger partial charge in [-0.15, -0.1) is 0 Å². The molecule has 0 spiro atoms. The molecule has 0 N–H and O–H groups in total. The molecule has 4 nitrogen and oxygen atoms in total. The number of aromatic nitrogens is 1. The fraction of sp³-hybridized carbons (Fsp3) is 0.118. The third-order valence-electron chi connectivity index (χ3n) is 7.57. The summed E-state index contributed by atoms with van der Waals surface area (Å²) in [5, 5.41) is 0.675. The molecule has 1 aliphatic carbocycles. The van der Waals surface area contributed by atoms with E-state index in [0.717, 1.165) is 46.4 Å². The molecule has 0 saturated heterocycles. The van der Waals surface area contributed by atoms with Gasteiger partial charge in [0.1, 0.15) is 18.2 Å². The Morgan fingerprint density at radius 1 is 0.951 bits per heavy atom. The van der Waals surface area contributed by atoms with Gasteiger partial charge in [-0.1, -0.05) is 89.7 Å². The number of benzene rings is 4. The van der Waals surface area contributed by atoms with E-state index in [9.17, 15) is 9.18 Å². The molecule has 5 aromatic rings. The fourth-order valence-electron chi connectivity index (χ4n) is 5.58. The summed E-state index contributed by atoms with van der Waals surface area (Å²) < 4.78 is 22.4. The van der Waals surface area contributed by atoms with Crippen molar-refractivity contribution in [3.63, 3.8) is 0 Å². The molecule has 1 atom stereocenters. The summed E-state index contributed by atoms with van der Waals surface area (Å²) >= 11 is 7.38. The van der Waals surface area contributed by atoms with Crippen molar-refractivity contribution < 1.29 is 9.13 Å². The Morgan fingerprint density at radius 2 is 1.71 bits per heavy atom. The lowest BCUT2D eigenvalue weighted by molar-refractivity contribution is 0.305. The first-order chi connectivity index (χ1) is 20.0. The molecule has 0 radical (unpaired) electrons. The number of para-hydroxylation sites is 1. The molecule has 7 heteroatoms. The molecule has 0 fully saturated rings. The van der Waals surface area contributed by atoms with Gasteiger partial charge in [0, 0.05) is 16.1 Å². The van der Waals surface area contributed by atoms with Gasteiger partial charge in [-0.25, -0.2) is 9.38 Å². The van der Waals surface area contributed by atoms with Crippen LogP contribution in [0, 0.1) is 5.82 Å². The Labute approximate surface area is 245 Å². The quantitative estimate of drug-likeness (QED) is 0.233. The van der Waals surface area contributed by atoms with Gasteiger partial charge in [-0.2, -0.15) is 0 Å². The van der Waals surface area contributed by atoms with Crippen molar-refractivity contribution in [3.05, 3.63) is 161 Å². The van der Waals surface area contributed by atoms with Crippen LogP contribution in [-0.2, 0) is 13.0 Å². The minimum atomic E-state index is -0.353. The second-order valence-corrected chi connectivity index (χ2v) is 11.6. The Hall–Kier alpha value is -4.26. The maximum Gasteiger partial charge on any atom is 0.271 e. The second kappa shape index (κ2) is 10.6. The number of allylic oxidation sites excluding steroid dienone is 1. The molecule has 0 unspecified atom stereocenters. The van der Waals surface area contributed by atoms with E-state index in [1.165, 1.54) is 29.0 Å². The van der Waals surface area contributed by atoms with Crippen molar-refractivity contribution in [2.45, 2.75) is 25.5 Å². The van der Waals surface area contributed by atoms with Crippen LogP contribution >= 0.6 is 22.9 Å². The molecule has 0 saturated carbocycles. The molecule has 1 aliphatic heterocycles. The molecule has 1 aromatic heterocycles. The first-order valence-electron chi connectivity index (χ1n) is 13.4. The zero-order chi connectivity index (χ0) is 27.9. The normalized spacial score (nSPS) is 16.0. The molecule has 202 valence electrons. The van der Waals surface area contributed by atoms with Crippen LogP contribution in [0.3, 0.4) is 0 Å². The highest BCUT2D eigenvalue weighted by Crippen LogP contribution is 2.41. The van der Waals surface area contributed by atoms with Gasteiger partial charge in [0.25, 0.3) is 5.56 Å². The third-order valence-corrected chi connectivity index (χ3v) is 8.81. The van der Waals surface area contributed by atoms with Crippen LogP contribution in [0.1, 0.15) is 40.3 Å². The fourth-order valence-corrected chi connectivity index (χ4v) is 6.70. The molecular weight excluding hydrogens is 555 g/mol. The van der Waals surface area contributed by atoms with E-state index in [1.54, 1.807) is 16.7 Å². The van der Waals surface area contributed by atoms with Gasteiger partial charge in [-0.3, -0.25) is 9.36 Å². The molecule has 7 rings (SSSR count). The Bertz CT molecular complexity index is 1990. The van der Waals surface area contributed by atoms with Gasteiger partial charge in [0.15, 0.2) is 4.80 Å². The predicted octanol–water partition coefficient (Wildman–Crippen LogP) is 6.69. The lowest BCUT2D eigenvalue weighted by Gasteiger charge is -2.30. The van der Waals surface area contributed by atoms with Crippen LogP contribution in [0.25, 0.3) is 11.8 Å². The summed E-state index contributed by atoms with van der Waals surface area (Å²) in [5.74, 6) is 0.371. The minimum Gasteiger partial charge on any atom is -0.488 e. The number of aryl methyl sites for hydroxylation is 1. The smallest absolute Gasteiger partial charge is 0.271 e. The van der Waals surface area contributed by atoms with E-state index in [1.807, 2.05) is 66.7 Å². The Morgan fingerprint density at radius 3 is 2.54 bits per heavy atom. The van der Waals surface area contributed by atoms with E-state index in [0.29, 0.717) is 26.7 Å². The van der Waals surface area contributed by atoms with Crippen molar-refractivity contribution in [2.75, 3.05) is 0 Å². The summed E-state index contributed by atoms with van der Waals surface area (Å²) in [7, 11) is 0. The summed E-state index contributed by atoms with van der Waals surface area (Å²) in [6, 6.07) is 29.6. The zero-order valence-corrected chi connectivity index (χ0v) is 23.5. The SMILES string of the molecule is O=c1/c(=C/c2ccccc2OCc2ccc(Cl)cc2)sc2n1[C@H](c1ccc(F)cc1)C1=C(N=2)c2ccccc2CC1. The zero-order valence-electron chi connectivity index (χ0n) is 21.9. The number of hydrogen-bond acceptors (Lipinski definition) is 4. The molecular formula is C34H24ClFN2O2S. The largest absolute Gasteiger partial charge is 0.488 e. The lowest BCUT2D eigenvalue weighted by Crippen LogP contribution is -2.38. The maximum absolute atomic E-state index is 14.0. The topological polar surface area (TPSA) is 43.6 Å². The number of halogens is 2. The van der Waals surface area contributed by atoms with Crippen LogP contribution in [0.15, 0.2) is 112 Å². The van der Waals surface area contributed by atoms with Crippen molar-refractivity contribution >= 4 is 34.7 Å². The van der Waals surface area contributed by atoms with E-state index in [4.69, 9.17) is 21.3 Å². The number of hydrogen-bond donors (Lipinski definition) is 0. The second-order valence-electron chi connectivity index (χ2n) is 10.1. The summed E-state index contributed by atoms with van der Waals surface area (Å²) in [6.07, 6.45) is 3.52. The van der Waals surface area contributed by atoms with E-state index >= 15 is 0 Å². The Kier molecular flexibility index (Phi) is 6.65. The van der Waals surface area contributed by atoms with Crippen molar-refractivity contribution in [1.29, 1.82) is 0 Å². The summed E-state index contributed by atoms with van der Waals surface area (Å²) in [6.45, 7) is 0.375. The summed E-state index contributed by atoms with van der Waals surface area (Å²) in [4.78, 5) is 19.7. The number of nitrogens with zero attached hydrogens (tertiary/aromatic N) is 2. The third kappa shape index (κ3) is 4.83. The van der Waals surface area contributed by atoms with Crippen molar-refractivity contribution in [2.24, 2.45) is 4.99 Å². The average molecular weight is 579 g/mol. The van der Waals surface area contributed by atoms with Crippen LogP contribution in [0.4, 0.5) is 4.39 Å². The number of fused-ring (bicyclic) bond motifs is 3. The van der Waals surface area contributed by atoms with E-state index < -0.39 is 0 Å². The van der Waals surface area contributed by atoms with Gasteiger partial charge in [0.2, 0.25) is 0 Å². The summed E-state index contributed by atoms with van der Waals surface area (Å²) in [5.41, 5.74) is 6.89. The standard InChI is InChI=1S/C34H24ClFN2O2S/c35-25-14-9-21(10-15-25)20-40-29-8-4-2-6-24(29)19-30-33(39)38-32(23-11-16-26(36)17-12-23)28-18-13-22-5-1-3-7-27(22)31(28)37-34(38)41-30/h1-12,14-17,19,32H,13,18,20H2/b30-19-/t32-/m1/s1. The monoisotopic (exact) mass is 578 g/mol. The van der Waals surface area contributed by atoms with Crippen molar-refractivity contribution in [3.8, 4) is 5.75 Å². The molecule has 2 aliphatic rings. The van der Waals surface area contributed by atoms with Gasteiger partial charge in [-0.05, 0) is 71.5 Å². The number of rotatable bonds is 5. The average Bonchev–Trinajstić information content (AvgIpc) is 3.31. The van der Waals surface area contributed by atoms with E-state index in [-0.39, 0.29) is 17.4 Å². The first-order valence-corrected chi connectivity index (χ1v) is 14.6. The van der Waals surface area contributed by atoms with Crippen LogP contribution in [-0.4, -0.2) is 4.57 Å². The van der Waals surface area contributed by atoms with Gasteiger partial charge < -0.3 is 4.74 Å². The van der Waals surface area contributed by atoms with Gasteiger partial charge >= 0.3 is 0 Å². The van der Waals surface area contributed by atoms with Crippen LogP contribution in [0.2, 0.25) is 5.02 Å². The van der Waals surface area contributed by atoms with Crippen LogP contribution < -0.4 is 19.6 Å². The van der Waals surface area contributed by atoms with Crippen LogP contribution in [0.5, 0.6) is 5.75 Å². The Balaban J connectivity index is 1.35.